The van der Waals surface area contributed by atoms with Crippen LogP contribution in [0.2, 0.25) is 0 Å². The molecule has 1 atom stereocenters. The number of primary amides is 1. The summed E-state index contributed by atoms with van der Waals surface area (Å²) >= 11 is 0. The van der Waals surface area contributed by atoms with Crippen LogP contribution in [-0.2, 0) is 4.79 Å². The van der Waals surface area contributed by atoms with Gasteiger partial charge in [-0.25, -0.2) is 0 Å². The van der Waals surface area contributed by atoms with Crippen molar-refractivity contribution in [2.24, 2.45) is 17.6 Å². The van der Waals surface area contributed by atoms with Gasteiger partial charge in [-0.1, -0.05) is 30.3 Å². The molecular formula is C17H26N2O. The average molecular weight is 274 g/mol. The van der Waals surface area contributed by atoms with Gasteiger partial charge in [0.25, 0.3) is 0 Å². The number of rotatable bonds is 5. The number of nitrogens with zero attached hydrogens (tertiary/aromatic N) is 1. The highest BCUT2D eigenvalue weighted by molar-refractivity contribution is 5.73. The fourth-order valence-corrected chi connectivity index (χ4v) is 3.63. The summed E-state index contributed by atoms with van der Waals surface area (Å²) < 4.78 is 0. The van der Waals surface area contributed by atoms with Crippen LogP contribution in [0.3, 0.4) is 0 Å². The first-order chi connectivity index (χ1) is 9.58. The molecule has 3 nitrogen and oxygen atoms in total. The molecule has 1 saturated carbocycles. The first-order valence-electron chi connectivity index (χ1n) is 7.57. The van der Waals surface area contributed by atoms with Crippen LogP contribution in [-0.4, -0.2) is 24.9 Å². The molecule has 1 amide bonds. The number of nitrogens with two attached hydrogens (primary N) is 1. The van der Waals surface area contributed by atoms with Gasteiger partial charge in [0.2, 0.25) is 5.91 Å². The maximum Gasteiger partial charge on any atom is 0.217 e. The van der Waals surface area contributed by atoms with Gasteiger partial charge in [0.05, 0.1) is 0 Å². The van der Waals surface area contributed by atoms with Crippen molar-refractivity contribution in [1.29, 1.82) is 0 Å². The van der Waals surface area contributed by atoms with E-state index in [0.29, 0.717) is 24.3 Å². The molecule has 1 aromatic carbocycles. The van der Waals surface area contributed by atoms with Gasteiger partial charge in [0.15, 0.2) is 0 Å². The van der Waals surface area contributed by atoms with E-state index >= 15 is 0 Å². The Hall–Kier alpha value is -1.35. The van der Waals surface area contributed by atoms with Crippen LogP contribution < -0.4 is 5.73 Å². The van der Waals surface area contributed by atoms with E-state index in [4.69, 9.17) is 5.73 Å². The lowest BCUT2D eigenvalue weighted by atomic mass is 9.75. The van der Waals surface area contributed by atoms with E-state index in [0.717, 1.165) is 12.8 Å². The van der Waals surface area contributed by atoms with Crippen LogP contribution in [0, 0.1) is 11.8 Å². The summed E-state index contributed by atoms with van der Waals surface area (Å²) in [6.45, 7) is 0. The van der Waals surface area contributed by atoms with Crippen molar-refractivity contribution in [1.82, 2.24) is 4.90 Å². The summed E-state index contributed by atoms with van der Waals surface area (Å²) in [4.78, 5) is 13.4. The van der Waals surface area contributed by atoms with Gasteiger partial charge in [-0.3, -0.25) is 4.79 Å². The Bertz CT molecular complexity index is 422. The number of benzene rings is 1. The second-order valence-corrected chi connectivity index (χ2v) is 6.27. The molecule has 1 aliphatic carbocycles. The van der Waals surface area contributed by atoms with Crippen LogP contribution in [0.5, 0.6) is 0 Å². The molecule has 20 heavy (non-hydrogen) atoms. The minimum Gasteiger partial charge on any atom is -0.370 e. The molecule has 0 heterocycles. The van der Waals surface area contributed by atoms with Gasteiger partial charge in [0, 0.05) is 12.5 Å². The molecule has 2 N–H and O–H groups in total. The summed E-state index contributed by atoms with van der Waals surface area (Å²) in [5.74, 6) is 1.03. The van der Waals surface area contributed by atoms with Crippen LogP contribution in [0.1, 0.15) is 43.7 Å². The standard InChI is InChI=1S/C17H26N2O/c1-19(2)17(14-6-4-3-5-7-14)15-10-8-13(9-11-15)12-16(18)20/h3-7,13,15,17H,8-12H2,1-2H3,(H2,18,20). The number of hydrogen-bond acceptors (Lipinski definition) is 2. The predicted octanol–water partition coefficient (Wildman–Crippen LogP) is 2.97. The highest BCUT2D eigenvalue weighted by Gasteiger charge is 2.30. The lowest BCUT2D eigenvalue weighted by Crippen LogP contribution is -2.31. The fourth-order valence-electron chi connectivity index (χ4n) is 3.63. The Balaban J connectivity index is 2.01. The van der Waals surface area contributed by atoms with E-state index in [2.05, 4.69) is 49.3 Å². The first kappa shape index (κ1) is 15.0. The van der Waals surface area contributed by atoms with Crippen molar-refractivity contribution < 1.29 is 4.79 Å². The monoisotopic (exact) mass is 274 g/mol. The van der Waals surface area contributed by atoms with Gasteiger partial charge in [-0.15, -0.1) is 0 Å². The van der Waals surface area contributed by atoms with E-state index in [1.165, 1.54) is 18.4 Å². The molecule has 3 heteroatoms. The minimum atomic E-state index is -0.152. The number of amides is 1. The number of hydrogen-bond donors (Lipinski definition) is 1. The Kier molecular flexibility index (Phi) is 5.18. The summed E-state index contributed by atoms with van der Waals surface area (Å²) in [5, 5.41) is 0. The highest BCUT2D eigenvalue weighted by atomic mass is 16.1. The average Bonchev–Trinajstić information content (AvgIpc) is 2.41. The fraction of sp³-hybridized carbons (Fsp3) is 0.588. The van der Waals surface area contributed by atoms with Crippen LogP contribution >= 0.6 is 0 Å². The molecule has 1 aromatic rings. The zero-order chi connectivity index (χ0) is 14.5. The first-order valence-corrected chi connectivity index (χ1v) is 7.57. The third kappa shape index (κ3) is 3.83. The van der Waals surface area contributed by atoms with E-state index in [9.17, 15) is 4.79 Å². The molecule has 1 unspecified atom stereocenters. The Labute approximate surface area is 122 Å². The van der Waals surface area contributed by atoms with E-state index in [1.807, 2.05) is 0 Å². The quantitative estimate of drug-likeness (QED) is 0.897. The molecular weight excluding hydrogens is 248 g/mol. The van der Waals surface area contributed by atoms with Gasteiger partial charge in [0.1, 0.15) is 0 Å². The lowest BCUT2D eigenvalue weighted by Gasteiger charge is -2.37. The largest absolute Gasteiger partial charge is 0.370 e. The zero-order valence-electron chi connectivity index (χ0n) is 12.6. The minimum absolute atomic E-state index is 0.152. The predicted molar refractivity (Wildman–Crippen MR) is 82.1 cm³/mol. The maximum absolute atomic E-state index is 11.0. The molecule has 0 bridgehead atoms. The highest BCUT2D eigenvalue weighted by Crippen LogP contribution is 2.39. The molecule has 0 spiro atoms. The normalized spacial score (nSPS) is 24.6. The molecule has 1 aliphatic rings. The van der Waals surface area contributed by atoms with Gasteiger partial charge in [-0.2, -0.15) is 0 Å². The Morgan fingerprint density at radius 1 is 1.20 bits per heavy atom. The topological polar surface area (TPSA) is 46.3 Å². The van der Waals surface area contributed by atoms with Crippen molar-refractivity contribution in [3.05, 3.63) is 35.9 Å². The van der Waals surface area contributed by atoms with Gasteiger partial charge < -0.3 is 10.6 Å². The molecule has 0 radical (unpaired) electrons. The van der Waals surface area contributed by atoms with Crippen molar-refractivity contribution in [2.45, 2.75) is 38.1 Å². The molecule has 1 fully saturated rings. The molecule has 2 rings (SSSR count). The lowest BCUT2D eigenvalue weighted by molar-refractivity contribution is -0.119. The SMILES string of the molecule is CN(C)C(c1ccccc1)C1CCC(CC(N)=O)CC1. The second-order valence-electron chi connectivity index (χ2n) is 6.27. The van der Waals surface area contributed by atoms with Crippen molar-refractivity contribution in [2.75, 3.05) is 14.1 Å². The summed E-state index contributed by atoms with van der Waals surface area (Å²) in [6.07, 6.45) is 5.20. The van der Waals surface area contributed by atoms with Crippen molar-refractivity contribution in [3.63, 3.8) is 0 Å². The van der Waals surface area contributed by atoms with Crippen LogP contribution in [0.4, 0.5) is 0 Å². The molecule has 0 saturated heterocycles. The van der Waals surface area contributed by atoms with Gasteiger partial charge >= 0.3 is 0 Å². The van der Waals surface area contributed by atoms with Gasteiger partial charge in [-0.05, 0) is 57.2 Å². The zero-order valence-corrected chi connectivity index (χ0v) is 12.6. The smallest absolute Gasteiger partial charge is 0.217 e. The second kappa shape index (κ2) is 6.89. The Morgan fingerprint density at radius 3 is 2.30 bits per heavy atom. The third-order valence-corrected chi connectivity index (χ3v) is 4.53. The van der Waals surface area contributed by atoms with Crippen LogP contribution in [0.15, 0.2) is 30.3 Å². The van der Waals surface area contributed by atoms with E-state index < -0.39 is 0 Å². The summed E-state index contributed by atoms with van der Waals surface area (Å²) in [7, 11) is 4.32. The molecule has 0 aromatic heterocycles. The molecule has 110 valence electrons. The van der Waals surface area contributed by atoms with Crippen molar-refractivity contribution in [3.8, 4) is 0 Å². The number of carbonyl (C=O) groups is 1. The maximum atomic E-state index is 11.0. The van der Waals surface area contributed by atoms with E-state index in [-0.39, 0.29) is 5.91 Å². The number of carbonyl (C=O) groups excluding carboxylic acids is 1. The summed E-state index contributed by atoms with van der Waals surface area (Å²) in [6, 6.07) is 11.2. The van der Waals surface area contributed by atoms with E-state index in [1.54, 1.807) is 0 Å². The third-order valence-electron chi connectivity index (χ3n) is 4.53. The summed E-state index contributed by atoms with van der Waals surface area (Å²) in [5.41, 5.74) is 6.71. The van der Waals surface area contributed by atoms with Crippen molar-refractivity contribution >= 4 is 5.91 Å². The molecule has 0 aliphatic heterocycles. The van der Waals surface area contributed by atoms with Crippen LogP contribution in [0.25, 0.3) is 0 Å². The Morgan fingerprint density at radius 2 is 1.80 bits per heavy atom.